The Kier molecular flexibility index (Phi) is 53.6. The number of carbonyl (C=O) groups excluding carboxylic acids is 2. The van der Waals surface area contributed by atoms with Crippen LogP contribution in [0.25, 0.3) is 0 Å². The van der Waals surface area contributed by atoms with E-state index in [-0.39, 0.29) is 18.5 Å². The molecule has 0 aliphatic carbocycles. The number of hydrogen-bond acceptors (Lipinski definition) is 10. The summed E-state index contributed by atoms with van der Waals surface area (Å²) in [5, 5.41) is 54.3. The molecule has 11 heteroatoms. The molecule has 6 N–H and O–H groups in total. The number of nitrogens with one attached hydrogen (secondary N) is 1. The monoisotopic (exact) mass is 1090 g/mol. The largest absolute Gasteiger partial charge is 0.466 e. The van der Waals surface area contributed by atoms with E-state index in [0.717, 1.165) is 57.8 Å². The summed E-state index contributed by atoms with van der Waals surface area (Å²) in [5.41, 5.74) is 0. The first-order valence-corrected chi connectivity index (χ1v) is 33.5. The summed E-state index contributed by atoms with van der Waals surface area (Å²) in [6, 6.07) is -0.806. The van der Waals surface area contributed by atoms with Gasteiger partial charge >= 0.3 is 5.97 Å². The first kappa shape index (κ1) is 73.4. The van der Waals surface area contributed by atoms with Crippen LogP contribution in [0, 0.1) is 0 Å². The quantitative estimate of drug-likeness (QED) is 0.0195. The highest BCUT2D eigenvalue weighted by Gasteiger charge is 2.44. The lowest BCUT2D eigenvalue weighted by atomic mass is 9.99. The molecule has 1 fully saturated rings. The molecule has 0 spiro atoms. The summed E-state index contributed by atoms with van der Waals surface area (Å²) in [7, 11) is 0. The summed E-state index contributed by atoms with van der Waals surface area (Å²) in [4.78, 5) is 25.1. The molecule has 1 aliphatic heterocycles. The van der Waals surface area contributed by atoms with E-state index < -0.39 is 49.5 Å². The predicted octanol–water partition coefficient (Wildman–Crippen LogP) is 16.3. The zero-order valence-corrected chi connectivity index (χ0v) is 50.5. The molecule has 7 atom stereocenters. The van der Waals surface area contributed by atoms with Crippen LogP contribution >= 0.6 is 0 Å². The molecule has 456 valence electrons. The molecule has 1 saturated heterocycles. The summed E-state index contributed by atoms with van der Waals surface area (Å²) >= 11 is 0. The Morgan fingerprint density at radius 2 is 0.818 bits per heavy atom. The third-order valence-electron chi connectivity index (χ3n) is 16.2. The van der Waals surface area contributed by atoms with Gasteiger partial charge in [0.1, 0.15) is 24.4 Å². The van der Waals surface area contributed by atoms with Crippen molar-refractivity contribution >= 4 is 11.9 Å². The minimum absolute atomic E-state index is 0.00936. The van der Waals surface area contributed by atoms with E-state index in [4.69, 9.17) is 14.2 Å². The summed E-state index contributed by atoms with van der Waals surface area (Å²) in [6.45, 7) is 4.35. The SMILES string of the molecule is CCCCCCCCC/C=C/C(O)C(COC1OC(CO)C(O)C(O)C1O)NC(=O)CCCCCCCCCCCCCCCCCCCCCCCCCCCOC(=O)CCCCCCCCCCCCCCCCC. The third-order valence-corrected chi connectivity index (χ3v) is 16.2. The molecule has 0 aromatic rings. The number of amides is 1. The number of carbonyl (C=O) groups is 2. The smallest absolute Gasteiger partial charge is 0.305 e. The normalized spacial score (nSPS) is 18.6. The van der Waals surface area contributed by atoms with Gasteiger partial charge in [0.2, 0.25) is 5.91 Å². The van der Waals surface area contributed by atoms with Gasteiger partial charge in [0.05, 0.1) is 32.0 Å². The van der Waals surface area contributed by atoms with Gasteiger partial charge in [-0.05, 0) is 32.1 Å². The minimum atomic E-state index is -1.57. The Bertz CT molecular complexity index is 1280. The average molecular weight is 1090 g/mol. The highest BCUT2D eigenvalue weighted by atomic mass is 16.7. The lowest BCUT2D eigenvalue weighted by Gasteiger charge is -2.40. The Labute approximate surface area is 474 Å². The number of ether oxygens (including phenoxy) is 3. The number of aliphatic hydroxyl groups excluding tert-OH is 5. The molecule has 7 unspecified atom stereocenters. The average Bonchev–Trinajstić information content (AvgIpc) is 3.43. The second kappa shape index (κ2) is 56.3. The predicted molar refractivity (Wildman–Crippen MR) is 320 cm³/mol. The number of allylic oxidation sites excluding steroid dienone is 1. The first-order chi connectivity index (χ1) is 37.7. The summed E-state index contributed by atoms with van der Waals surface area (Å²) in [5.74, 6) is -0.171. The van der Waals surface area contributed by atoms with Crippen molar-refractivity contribution in [3.8, 4) is 0 Å². The summed E-state index contributed by atoms with van der Waals surface area (Å²) < 4.78 is 16.7. The molecule has 0 radical (unpaired) electrons. The molecule has 1 heterocycles. The lowest BCUT2D eigenvalue weighted by Crippen LogP contribution is -2.60. The minimum Gasteiger partial charge on any atom is -0.466 e. The van der Waals surface area contributed by atoms with Crippen LogP contribution < -0.4 is 5.32 Å². The van der Waals surface area contributed by atoms with Crippen molar-refractivity contribution in [1.82, 2.24) is 5.32 Å². The molecule has 1 aliphatic rings. The van der Waals surface area contributed by atoms with Crippen molar-refractivity contribution in [2.24, 2.45) is 0 Å². The van der Waals surface area contributed by atoms with E-state index in [1.807, 2.05) is 6.08 Å². The van der Waals surface area contributed by atoms with Gasteiger partial charge in [-0.1, -0.05) is 302 Å². The molecule has 77 heavy (non-hydrogen) atoms. The Hall–Kier alpha value is -1.60. The fraction of sp³-hybridized carbons (Fsp3) is 0.939. The van der Waals surface area contributed by atoms with Gasteiger partial charge < -0.3 is 45.1 Å². The van der Waals surface area contributed by atoms with E-state index in [0.29, 0.717) is 19.4 Å². The first-order valence-electron chi connectivity index (χ1n) is 33.5. The van der Waals surface area contributed by atoms with Gasteiger partial charge in [-0.2, -0.15) is 0 Å². The van der Waals surface area contributed by atoms with Crippen LogP contribution in [0.15, 0.2) is 12.2 Å². The van der Waals surface area contributed by atoms with Crippen LogP contribution in [0.2, 0.25) is 0 Å². The van der Waals surface area contributed by atoms with Gasteiger partial charge in [0.15, 0.2) is 6.29 Å². The molecule has 0 aromatic heterocycles. The lowest BCUT2D eigenvalue weighted by molar-refractivity contribution is -0.302. The standard InChI is InChI=1S/C66H127NO10/c1-3-5-7-9-11-13-14-15-27-31-34-38-42-46-50-54-62(71)75-55-51-47-43-39-35-32-29-26-24-22-20-18-16-17-19-21-23-25-28-30-33-37-41-45-49-53-61(70)67-58(59(69)52-48-44-40-36-12-10-8-6-4-2)57-76-66-65(74)64(73)63(72)60(56-68)77-66/h48,52,58-60,63-66,68-69,72-74H,3-47,49-51,53-57H2,1-2H3,(H,67,70)/b52-48+. The number of unbranched alkanes of at least 4 members (excludes halogenated alkanes) is 45. The van der Waals surface area contributed by atoms with Gasteiger partial charge in [0.25, 0.3) is 0 Å². The van der Waals surface area contributed by atoms with E-state index >= 15 is 0 Å². The molecule has 11 nitrogen and oxygen atoms in total. The van der Waals surface area contributed by atoms with E-state index in [1.54, 1.807) is 6.08 Å². The van der Waals surface area contributed by atoms with Gasteiger partial charge in [-0.25, -0.2) is 0 Å². The van der Waals surface area contributed by atoms with Crippen molar-refractivity contribution in [3.05, 3.63) is 12.2 Å². The topological polar surface area (TPSA) is 175 Å². The van der Waals surface area contributed by atoms with Crippen LogP contribution in [-0.4, -0.2) is 100 Å². The van der Waals surface area contributed by atoms with Gasteiger partial charge in [0, 0.05) is 12.8 Å². The second-order valence-corrected chi connectivity index (χ2v) is 23.5. The maximum Gasteiger partial charge on any atom is 0.305 e. The molecule has 1 amide bonds. The van der Waals surface area contributed by atoms with Gasteiger partial charge in [-0.3, -0.25) is 9.59 Å². The Morgan fingerprint density at radius 3 is 1.21 bits per heavy atom. The fourth-order valence-corrected chi connectivity index (χ4v) is 10.8. The maximum absolute atomic E-state index is 13.0. The second-order valence-electron chi connectivity index (χ2n) is 23.5. The van der Waals surface area contributed by atoms with Crippen LogP contribution in [0.4, 0.5) is 0 Å². The van der Waals surface area contributed by atoms with Gasteiger partial charge in [-0.15, -0.1) is 0 Å². The van der Waals surface area contributed by atoms with E-state index in [1.165, 1.54) is 250 Å². The van der Waals surface area contributed by atoms with Crippen molar-refractivity contribution < 1.29 is 49.3 Å². The van der Waals surface area contributed by atoms with E-state index in [9.17, 15) is 35.1 Å². The Balaban J connectivity index is 1.93. The highest BCUT2D eigenvalue weighted by Crippen LogP contribution is 2.23. The molecule has 0 bridgehead atoms. The number of hydrogen-bond donors (Lipinski definition) is 6. The van der Waals surface area contributed by atoms with Crippen molar-refractivity contribution in [2.45, 2.75) is 378 Å². The number of aliphatic hydroxyl groups is 5. The summed E-state index contributed by atoms with van der Waals surface area (Å²) in [6.07, 6.45) is 57.7. The Morgan fingerprint density at radius 1 is 0.468 bits per heavy atom. The van der Waals surface area contributed by atoms with Crippen molar-refractivity contribution in [2.75, 3.05) is 19.8 Å². The van der Waals surface area contributed by atoms with Crippen LogP contribution in [-0.2, 0) is 23.8 Å². The zero-order valence-electron chi connectivity index (χ0n) is 50.5. The highest BCUT2D eigenvalue weighted by molar-refractivity contribution is 5.76. The molecular formula is C66H127NO10. The number of esters is 1. The zero-order chi connectivity index (χ0) is 55.9. The molecule has 1 rings (SSSR count). The maximum atomic E-state index is 13.0. The van der Waals surface area contributed by atoms with Crippen LogP contribution in [0.3, 0.4) is 0 Å². The third kappa shape index (κ3) is 45.7. The van der Waals surface area contributed by atoms with E-state index in [2.05, 4.69) is 19.2 Å². The van der Waals surface area contributed by atoms with Crippen LogP contribution in [0.5, 0.6) is 0 Å². The van der Waals surface area contributed by atoms with Crippen molar-refractivity contribution in [3.63, 3.8) is 0 Å². The molecular weight excluding hydrogens is 967 g/mol. The van der Waals surface area contributed by atoms with Crippen molar-refractivity contribution in [1.29, 1.82) is 0 Å². The molecule has 0 aromatic carbocycles. The number of rotatable bonds is 59. The fourth-order valence-electron chi connectivity index (χ4n) is 10.8. The van der Waals surface area contributed by atoms with Crippen LogP contribution in [0.1, 0.15) is 335 Å². The molecule has 0 saturated carbocycles.